The summed E-state index contributed by atoms with van der Waals surface area (Å²) in [5, 5.41) is 7.79. The summed E-state index contributed by atoms with van der Waals surface area (Å²) in [4.78, 5) is 45.5. The molecule has 1 atom stereocenters. The number of anilines is 1. The highest BCUT2D eigenvalue weighted by atomic mass is 16.2. The molecule has 0 aliphatic rings. The fourth-order valence-corrected chi connectivity index (χ4v) is 4.37. The molecule has 0 aliphatic heterocycles. The monoisotopic (exact) mass is 501 g/mol. The van der Waals surface area contributed by atoms with Gasteiger partial charge in [0.1, 0.15) is 5.69 Å². The summed E-state index contributed by atoms with van der Waals surface area (Å²) >= 11 is 0. The van der Waals surface area contributed by atoms with E-state index in [4.69, 9.17) is 0 Å². The molecule has 6 aromatic rings. The van der Waals surface area contributed by atoms with Gasteiger partial charge in [-0.3, -0.25) is 19.9 Å². The number of fused-ring (bicyclic) bond motifs is 2. The highest BCUT2D eigenvalue weighted by Gasteiger charge is 2.22. The maximum Gasteiger partial charge on any atom is 0.251 e. The quantitative estimate of drug-likeness (QED) is 0.253. The standard InChI is InChI=1S/C29H23N7O2/c37-27(33-17-22(18-6-2-1-3-7-18)28(38)36-29-30-12-13-31-29)20-10-11-23-24(15-20)35-26(34-23)25-14-19-8-4-5-9-21(19)16-32-25/h1-16,22H,17H2,(H,33,37)(H,34,35)(H2,30,31,36,38). The van der Waals surface area contributed by atoms with Crippen LogP contribution in [-0.2, 0) is 4.79 Å². The van der Waals surface area contributed by atoms with Crippen LogP contribution in [0.25, 0.3) is 33.3 Å². The Labute approximate surface area is 217 Å². The highest BCUT2D eigenvalue weighted by molar-refractivity contribution is 5.99. The Hall–Kier alpha value is -5.31. The molecule has 1 unspecified atom stereocenters. The van der Waals surface area contributed by atoms with Crippen molar-refractivity contribution >= 4 is 39.6 Å². The minimum Gasteiger partial charge on any atom is -0.351 e. The van der Waals surface area contributed by atoms with Gasteiger partial charge >= 0.3 is 0 Å². The summed E-state index contributed by atoms with van der Waals surface area (Å²) in [6.07, 6.45) is 5.01. The molecule has 9 nitrogen and oxygen atoms in total. The van der Waals surface area contributed by atoms with Crippen molar-refractivity contribution in [2.24, 2.45) is 0 Å². The summed E-state index contributed by atoms with van der Waals surface area (Å²) in [7, 11) is 0. The first-order valence-corrected chi connectivity index (χ1v) is 12.1. The van der Waals surface area contributed by atoms with E-state index >= 15 is 0 Å². The lowest BCUT2D eigenvalue weighted by atomic mass is 9.98. The van der Waals surface area contributed by atoms with Gasteiger partial charge in [-0.25, -0.2) is 9.97 Å². The van der Waals surface area contributed by atoms with Gasteiger partial charge < -0.3 is 15.3 Å². The van der Waals surface area contributed by atoms with E-state index in [1.54, 1.807) is 30.6 Å². The van der Waals surface area contributed by atoms with Gasteiger partial charge in [0.2, 0.25) is 11.9 Å². The van der Waals surface area contributed by atoms with Crippen molar-refractivity contribution in [3.63, 3.8) is 0 Å². The van der Waals surface area contributed by atoms with Crippen molar-refractivity contribution in [3.8, 4) is 11.5 Å². The van der Waals surface area contributed by atoms with Crippen LogP contribution < -0.4 is 10.6 Å². The van der Waals surface area contributed by atoms with Crippen molar-refractivity contribution in [1.29, 1.82) is 0 Å². The number of hydrogen-bond acceptors (Lipinski definition) is 5. The first-order valence-electron chi connectivity index (χ1n) is 12.1. The maximum atomic E-state index is 13.1. The lowest BCUT2D eigenvalue weighted by molar-refractivity contribution is -0.117. The van der Waals surface area contributed by atoms with E-state index in [1.807, 2.05) is 66.9 Å². The summed E-state index contributed by atoms with van der Waals surface area (Å²) in [5.41, 5.74) is 3.41. The van der Waals surface area contributed by atoms with Gasteiger partial charge in [-0.2, -0.15) is 0 Å². The van der Waals surface area contributed by atoms with Crippen molar-refractivity contribution in [1.82, 2.24) is 30.2 Å². The Balaban J connectivity index is 1.20. The Morgan fingerprint density at radius 2 is 1.71 bits per heavy atom. The smallest absolute Gasteiger partial charge is 0.251 e. The number of amides is 2. The second-order valence-corrected chi connectivity index (χ2v) is 8.83. The van der Waals surface area contributed by atoms with Crippen LogP contribution in [0.4, 0.5) is 5.95 Å². The zero-order valence-electron chi connectivity index (χ0n) is 20.2. The second-order valence-electron chi connectivity index (χ2n) is 8.83. The molecule has 0 bridgehead atoms. The molecule has 3 heterocycles. The van der Waals surface area contributed by atoms with Crippen molar-refractivity contribution in [3.05, 3.63) is 109 Å². The summed E-state index contributed by atoms with van der Waals surface area (Å²) in [5.74, 6) is -0.195. The molecule has 6 rings (SSSR count). The molecular formula is C29H23N7O2. The molecule has 186 valence electrons. The van der Waals surface area contributed by atoms with Gasteiger partial charge in [0, 0.05) is 36.1 Å². The second kappa shape index (κ2) is 9.98. The van der Waals surface area contributed by atoms with Crippen molar-refractivity contribution in [2.75, 3.05) is 11.9 Å². The van der Waals surface area contributed by atoms with Crippen molar-refractivity contribution < 1.29 is 9.59 Å². The molecule has 4 N–H and O–H groups in total. The molecule has 0 radical (unpaired) electrons. The van der Waals surface area contributed by atoms with Crippen LogP contribution >= 0.6 is 0 Å². The number of carbonyl (C=O) groups excluding carboxylic acids is 2. The van der Waals surface area contributed by atoms with Crippen molar-refractivity contribution in [2.45, 2.75) is 5.92 Å². The number of H-pyrrole nitrogens is 2. The number of nitrogens with zero attached hydrogens (tertiary/aromatic N) is 3. The molecular weight excluding hydrogens is 478 g/mol. The van der Waals surface area contributed by atoms with E-state index in [-0.39, 0.29) is 18.4 Å². The first kappa shape index (κ1) is 23.1. The number of carbonyl (C=O) groups is 2. The minimum absolute atomic E-state index is 0.114. The molecule has 2 amide bonds. The molecule has 0 aliphatic carbocycles. The number of aromatic nitrogens is 5. The van der Waals surface area contributed by atoms with E-state index in [1.165, 1.54) is 0 Å². The maximum absolute atomic E-state index is 13.1. The normalized spacial score (nSPS) is 11.9. The number of pyridine rings is 1. The van der Waals surface area contributed by atoms with Crippen LogP contribution in [0.3, 0.4) is 0 Å². The van der Waals surface area contributed by atoms with Gasteiger partial charge in [-0.1, -0.05) is 54.6 Å². The zero-order valence-corrected chi connectivity index (χ0v) is 20.2. The zero-order chi connectivity index (χ0) is 25.9. The SMILES string of the molecule is O=C(NCC(C(=O)Nc1ncc[nH]1)c1ccccc1)c1ccc2nc(-c3cc4ccccc4cn3)[nH]c2c1. The van der Waals surface area contributed by atoms with E-state index in [2.05, 4.69) is 35.6 Å². The third kappa shape index (κ3) is 4.72. The average molecular weight is 502 g/mol. The molecule has 38 heavy (non-hydrogen) atoms. The van der Waals surface area contributed by atoms with E-state index in [0.29, 0.717) is 17.3 Å². The van der Waals surface area contributed by atoms with Gasteiger partial charge in [0.05, 0.1) is 17.0 Å². The number of hydrogen-bond donors (Lipinski definition) is 4. The molecule has 3 aromatic carbocycles. The predicted molar refractivity (Wildman–Crippen MR) is 146 cm³/mol. The van der Waals surface area contributed by atoms with Crippen LogP contribution in [0.5, 0.6) is 0 Å². The fraction of sp³-hybridized carbons (Fsp3) is 0.0690. The Kier molecular flexibility index (Phi) is 6.07. The van der Waals surface area contributed by atoms with Crippen LogP contribution in [0, 0.1) is 0 Å². The topological polar surface area (TPSA) is 128 Å². The number of benzene rings is 3. The Morgan fingerprint density at radius 1 is 0.895 bits per heavy atom. The Bertz CT molecular complexity index is 1740. The van der Waals surface area contributed by atoms with Crippen LogP contribution in [-0.4, -0.2) is 43.3 Å². The third-order valence-electron chi connectivity index (χ3n) is 6.34. The molecule has 0 saturated carbocycles. The van der Waals surface area contributed by atoms with Gasteiger partial charge in [-0.05, 0) is 35.2 Å². The molecule has 0 fully saturated rings. The van der Waals surface area contributed by atoms with Crippen LogP contribution in [0.1, 0.15) is 21.8 Å². The largest absolute Gasteiger partial charge is 0.351 e. The van der Waals surface area contributed by atoms with Crippen LogP contribution in [0.2, 0.25) is 0 Å². The fourth-order valence-electron chi connectivity index (χ4n) is 4.37. The van der Waals surface area contributed by atoms with Gasteiger partial charge in [-0.15, -0.1) is 0 Å². The summed E-state index contributed by atoms with van der Waals surface area (Å²) in [6.45, 7) is 0.114. The van der Waals surface area contributed by atoms with Gasteiger partial charge in [0.25, 0.3) is 5.91 Å². The molecule has 0 saturated heterocycles. The number of nitrogens with one attached hydrogen (secondary N) is 4. The lowest BCUT2D eigenvalue weighted by Crippen LogP contribution is -2.34. The summed E-state index contributed by atoms with van der Waals surface area (Å²) < 4.78 is 0. The first-order chi connectivity index (χ1) is 18.6. The Morgan fingerprint density at radius 3 is 2.53 bits per heavy atom. The van der Waals surface area contributed by atoms with E-state index < -0.39 is 5.92 Å². The molecule has 9 heteroatoms. The molecule has 0 spiro atoms. The summed E-state index contributed by atoms with van der Waals surface area (Å²) in [6, 6.07) is 24.6. The number of rotatable bonds is 7. The molecule has 3 aromatic heterocycles. The van der Waals surface area contributed by atoms with Crippen LogP contribution in [0.15, 0.2) is 97.5 Å². The predicted octanol–water partition coefficient (Wildman–Crippen LogP) is 4.65. The lowest BCUT2D eigenvalue weighted by Gasteiger charge is -2.17. The number of aromatic amines is 2. The van der Waals surface area contributed by atoms with Gasteiger partial charge in [0.15, 0.2) is 5.82 Å². The average Bonchev–Trinajstić information content (AvgIpc) is 3.63. The highest BCUT2D eigenvalue weighted by Crippen LogP contribution is 2.23. The third-order valence-corrected chi connectivity index (χ3v) is 6.34. The minimum atomic E-state index is -0.605. The van der Waals surface area contributed by atoms with E-state index in [0.717, 1.165) is 33.1 Å². The number of imidazole rings is 2. The van der Waals surface area contributed by atoms with E-state index in [9.17, 15) is 9.59 Å².